The summed E-state index contributed by atoms with van der Waals surface area (Å²) >= 11 is 1.41. The number of rotatable bonds is 7. The molecule has 0 unspecified atom stereocenters. The van der Waals surface area contributed by atoms with Crippen molar-refractivity contribution < 1.29 is 9.53 Å². The third kappa shape index (κ3) is 4.46. The van der Waals surface area contributed by atoms with Crippen LogP contribution in [-0.2, 0) is 5.75 Å². The molecule has 2 heterocycles. The highest BCUT2D eigenvalue weighted by atomic mass is 32.2. The van der Waals surface area contributed by atoms with Crippen molar-refractivity contribution in [2.45, 2.75) is 10.9 Å². The van der Waals surface area contributed by atoms with Crippen molar-refractivity contribution in [3.8, 4) is 11.4 Å². The van der Waals surface area contributed by atoms with Crippen LogP contribution in [0.1, 0.15) is 16.2 Å². The normalized spacial score (nSPS) is 10.9. The zero-order chi connectivity index (χ0) is 23.3. The second-order valence-electron chi connectivity index (χ2n) is 7.30. The van der Waals surface area contributed by atoms with Gasteiger partial charge in [0.15, 0.2) is 10.9 Å². The van der Waals surface area contributed by atoms with Crippen LogP contribution in [0.3, 0.4) is 0 Å². The standard InChI is InChI=1S/C25H20N6O2S/c1-33-19-12-10-18(11-13-19)31-22(16-34-25-26-14-5-15-27-25)23(29-30-31)24(32)28-21-9-4-7-17-6-2-3-8-20(17)21/h2-15H,16H2,1H3,(H,28,32). The van der Waals surface area contributed by atoms with Gasteiger partial charge in [-0.3, -0.25) is 4.79 Å². The van der Waals surface area contributed by atoms with Gasteiger partial charge < -0.3 is 10.1 Å². The Labute approximate surface area is 200 Å². The molecule has 5 rings (SSSR count). The van der Waals surface area contributed by atoms with Gasteiger partial charge in [-0.15, -0.1) is 5.10 Å². The zero-order valence-corrected chi connectivity index (χ0v) is 19.1. The molecule has 168 valence electrons. The smallest absolute Gasteiger partial charge is 0.278 e. The van der Waals surface area contributed by atoms with Crippen molar-refractivity contribution in [2.75, 3.05) is 12.4 Å². The lowest BCUT2D eigenvalue weighted by atomic mass is 10.1. The highest BCUT2D eigenvalue weighted by molar-refractivity contribution is 7.98. The minimum atomic E-state index is -0.333. The fourth-order valence-corrected chi connectivity index (χ4v) is 4.34. The van der Waals surface area contributed by atoms with E-state index in [1.807, 2.05) is 66.7 Å². The average Bonchev–Trinajstić information content (AvgIpc) is 3.32. The zero-order valence-electron chi connectivity index (χ0n) is 18.3. The molecule has 0 spiro atoms. The molecule has 0 saturated carbocycles. The number of nitrogens with zero attached hydrogens (tertiary/aromatic N) is 5. The molecule has 0 aliphatic rings. The number of hydrogen-bond donors (Lipinski definition) is 1. The maximum atomic E-state index is 13.3. The van der Waals surface area contributed by atoms with Crippen LogP contribution >= 0.6 is 11.8 Å². The number of methoxy groups -OCH3 is 1. The molecule has 1 N–H and O–H groups in total. The van der Waals surface area contributed by atoms with E-state index in [2.05, 4.69) is 25.6 Å². The molecule has 1 amide bonds. The number of ether oxygens (including phenoxy) is 1. The summed E-state index contributed by atoms with van der Waals surface area (Å²) in [6, 6.07) is 22.9. The molecule has 0 bridgehead atoms. The van der Waals surface area contributed by atoms with E-state index in [0.717, 1.165) is 22.2 Å². The number of hydrogen-bond acceptors (Lipinski definition) is 7. The van der Waals surface area contributed by atoms with Gasteiger partial charge in [0.25, 0.3) is 5.91 Å². The second kappa shape index (κ2) is 9.72. The Bertz CT molecular complexity index is 1430. The highest BCUT2D eigenvalue weighted by Crippen LogP contribution is 2.26. The van der Waals surface area contributed by atoms with Crippen LogP contribution in [0, 0.1) is 0 Å². The number of carbonyl (C=O) groups is 1. The van der Waals surface area contributed by atoms with Gasteiger partial charge in [-0.1, -0.05) is 53.4 Å². The summed E-state index contributed by atoms with van der Waals surface area (Å²) in [7, 11) is 1.61. The molecule has 0 fully saturated rings. The first-order valence-electron chi connectivity index (χ1n) is 10.5. The van der Waals surface area contributed by atoms with Crippen molar-refractivity contribution in [1.29, 1.82) is 0 Å². The van der Waals surface area contributed by atoms with Gasteiger partial charge >= 0.3 is 0 Å². The summed E-state index contributed by atoms with van der Waals surface area (Å²) in [6.45, 7) is 0. The van der Waals surface area contributed by atoms with Crippen LogP contribution in [0.15, 0.2) is 90.3 Å². The number of thioether (sulfide) groups is 1. The van der Waals surface area contributed by atoms with Crippen molar-refractivity contribution >= 4 is 34.1 Å². The molecule has 0 aliphatic carbocycles. The first kappa shape index (κ1) is 21.6. The lowest BCUT2D eigenvalue weighted by Gasteiger charge is -2.10. The van der Waals surface area contributed by atoms with Gasteiger partial charge in [0.2, 0.25) is 0 Å². The SMILES string of the molecule is COc1ccc(-n2nnc(C(=O)Nc3cccc4ccccc34)c2CSc2ncccn2)cc1. The predicted molar refractivity (Wildman–Crippen MR) is 131 cm³/mol. The van der Waals surface area contributed by atoms with Crippen LogP contribution in [0.5, 0.6) is 5.75 Å². The van der Waals surface area contributed by atoms with E-state index >= 15 is 0 Å². The van der Waals surface area contributed by atoms with E-state index in [-0.39, 0.29) is 11.6 Å². The Morgan fingerprint density at radius 3 is 2.53 bits per heavy atom. The van der Waals surface area contributed by atoms with Crippen LogP contribution < -0.4 is 10.1 Å². The summed E-state index contributed by atoms with van der Waals surface area (Å²) in [6.07, 6.45) is 3.37. The second-order valence-corrected chi connectivity index (χ2v) is 8.24. The van der Waals surface area contributed by atoms with E-state index in [9.17, 15) is 4.79 Å². The predicted octanol–water partition coefficient (Wildman–Crippen LogP) is 4.76. The minimum absolute atomic E-state index is 0.243. The van der Waals surface area contributed by atoms with Gasteiger partial charge in [0, 0.05) is 29.2 Å². The number of benzene rings is 3. The number of amides is 1. The Morgan fingerprint density at radius 2 is 1.74 bits per heavy atom. The summed E-state index contributed by atoms with van der Waals surface area (Å²) in [5.74, 6) is 0.800. The molecule has 0 saturated heterocycles. The number of aromatic nitrogens is 5. The van der Waals surface area contributed by atoms with Crippen molar-refractivity contribution in [3.63, 3.8) is 0 Å². The summed E-state index contributed by atoms with van der Waals surface area (Å²) in [4.78, 5) is 21.9. The molecule has 5 aromatic rings. The lowest BCUT2D eigenvalue weighted by molar-refractivity contribution is 0.102. The van der Waals surface area contributed by atoms with Crippen molar-refractivity contribution in [3.05, 3.63) is 96.6 Å². The molecule has 2 aromatic heterocycles. The van der Waals surface area contributed by atoms with Crippen molar-refractivity contribution in [2.24, 2.45) is 0 Å². The van der Waals surface area contributed by atoms with E-state index in [0.29, 0.717) is 22.3 Å². The minimum Gasteiger partial charge on any atom is -0.497 e. The molecule has 8 nitrogen and oxygen atoms in total. The highest BCUT2D eigenvalue weighted by Gasteiger charge is 2.22. The van der Waals surface area contributed by atoms with Gasteiger partial charge in [-0.05, 0) is 41.8 Å². The molecular weight excluding hydrogens is 448 g/mol. The van der Waals surface area contributed by atoms with E-state index in [1.165, 1.54) is 11.8 Å². The van der Waals surface area contributed by atoms with Crippen LogP contribution in [-0.4, -0.2) is 38.0 Å². The maximum Gasteiger partial charge on any atom is 0.278 e. The molecule has 0 aliphatic heterocycles. The largest absolute Gasteiger partial charge is 0.497 e. The van der Waals surface area contributed by atoms with Gasteiger partial charge in [-0.2, -0.15) is 0 Å². The van der Waals surface area contributed by atoms with Gasteiger partial charge in [-0.25, -0.2) is 14.6 Å². The Balaban J connectivity index is 1.49. The monoisotopic (exact) mass is 468 g/mol. The summed E-state index contributed by atoms with van der Waals surface area (Å²) in [5.41, 5.74) is 2.36. The van der Waals surface area contributed by atoms with Crippen LogP contribution in [0.2, 0.25) is 0 Å². The topological polar surface area (TPSA) is 94.8 Å². The summed E-state index contributed by atoms with van der Waals surface area (Å²) in [5, 5.41) is 14.1. The molecule has 3 aromatic carbocycles. The Morgan fingerprint density at radius 1 is 0.971 bits per heavy atom. The summed E-state index contributed by atoms with van der Waals surface area (Å²) < 4.78 is 6.92. The average molecular weight is 469 g/mol. The maximum absolute atomic E-state index is 13.3. The Hall–Kier alpha value is -4.24. The molecule has 34 heavy (non-hydrogen) atoms. The third-order valence-electron chi connectivity index (χ3n) is 5.21. The lowest BCUT2D eigenvalue weighted by Crippen LogP contribution is -2.15. The molecule has 9 heteroatoms. The fourth-order valence-electron chi connectivity index (χ4n) is 3.55. The number of carbonyl (C=O) groups excluding carboxylic acids is 1. The molecule has 0 radical (unpaired) electrons. The van der Waals surface area contributed by atoms with E-state index in [1.54, 1.807) is 30.3 Å². The number of anilines is 1. The quantitative estimate of drug-likeness (QED) is 0.272. The van der Waals surface area contributed by atoms with Crippen molar-refractivity contribution in [1.82, 2.24) is 25.0 Å². The van der Waals surface area contributed by atoms with Gasteiger partial charge in [0.05, 0.1) is 18.5 Å². The van der Waals surface area contributed by atoms with Crippen LogP contribution in [0.25, 0.3) is 16.5 Å². The van der Waals surface area contributed by atoms with Crippen LogP contribution in [0.4, 0.5) is 5.69 Å². The number of fused-ring (bicyclic) bond motifs is 1. The third-order valence-corrected chi connectivity index (χ3v) is 6.10. The first-order valence-corrected chi connectivity index (χ1v) is 11.5. The first-order chi connectivity index (χ1) is 16.7. The van der Waals surface area contributed by atoms with E-state index in [4.69, 9.17) is 4.74 Å². The van der Waals surface area contributed by atoms with Gasteiger partial charge in [0.1, 0.15) is 5.75 Å². The molecular formula is C25H20N6O2S. The fraction of sp³-hybridized carbons (Fsp3) is 0.0800. The van der Waals surface area contributed by atoms with E-state index < -0.39 is 0 Å². The number of nitrogens with one attached hydrogen (secondary N) is 1. The Kier molecular flexibility index (Phi) is 6.17. The molecule has 0 atom stereocenters.